The summed E-state index contributed by atoms with van der Waals surface area (Å²) in [5.74, 6) is 0.609. The molecular formula is C19H17ClN4OS2. The van der Waals surface area contributed by atoms with Gasteiger partial charge in [0, 0.05) is 29.6 Å². The van der Waals surface area contributed by atoms with Crippen molar-refractivity contribution in [1.82, 2.24) is 18.9 Å². The van der Waals surface area contributed by atoms with E-state index in [0.717, 1.165) is 26.6 Å². The number of thioether (sulfide) groups is 1. The van der Waals surface area contributed by atoms with Crippen LogP contribution in [0.2, 0.25) is 5.02 Å². The maximum absolute atomic E-state index is 13.0. The summed E-state index contributed by atoms with van der Waals surface area (Å²) >= 11 is 9.10. The number of aryl methyl sites for hydroxylation is 2. The highest BCUT2D eigenvalue weighted by Gasteiger charge is 2.16. The predicted octanol–water partition coefficient (Wildman–Crippen LogP) is 4.85. The quantitative estimate of drug-likeness (QED) is 0.265. The first-order valence-electron chi connectivity index (χ1n) is 8.35. The Labute approximate surface area is 169 Å². The molecule has 4 heterocycles. The van der Waals surface area contributed by atoms with Crippen LogP contribution < -0.4 is 5.56 Å². The third-order valence-electron chi connectivity index (χ3n) is 4.38. The Kier molecular flexibility index (Phi) is 4.84. The van der Waals surface area contributed by atoms with Crippen molar-refractivity contribution in [2.45, 2.75) is 31.3 Å². The highest BCUT2D eigenvalue weighted by atomic mass is 35.5. The van der Waals surface area contributed by atoms with E-state index in [1.165, 1.54) is 11.8 Å². The summed E-state index contributed by atoms with van der Waals surface area (Å²) in [5, 5.41) is 2.06. The molecule has 27 heavy (non-hydrogen) atoms. The van der Waals surface area contributed by atoms with Crippen LogP contribution in [0, 0.1) is 13.8 Å². The Balaban J connectivity index is 1.72. The number of nitrogens with zero attached hydrogens (tertiary/aromatic N) is 4. The molecule has 0 saturated heterocycles. The summed E-state index contributed by atoms with van der Waals surface area (Å²) < 4.78 is 3.59. The number of hydrogen-bond acceptors (Lipinski definition) is 5. The van der Waals surface area contributed by atoms with Crippen molar-refractivity contribution in [3.05, 3.63) is 68.7 Å². The highest BCUT2D eigenvalue weighted by molar-refractivity contribution is 7.98. The normalized spacial score (nSPS) is 11.5. The third kappa shape index (κ3) is 3.31. The lowest BCUT2D eigenvalue weighted by atomic mass is 10.2. The number of rotatable bonds is 5. The third-order valence-corrected chi connectivity index (χ3v) is 6.71. The molecule has 4 aromatic rings. The van der Waals surface area contributed by atoms with Gasteiger partial charge in [0.05, 0.1) is 16.1 Å². The van der Waals surface area contributed by atoms with Gasteiger partial charge in [-0.15, -0.1) is 17.9 Å². The second-order valence-corrected chi connectivity index (χ2v) is 8.78. The molecule has 0 aliphatic carbocycles. The molecule has 0 amide bonds. The molecule has 0 aliphatic rings. The number of thiophene rings is 1. The molecule has 0 unspecified atom stereocenters. The van der Waals surface area contributed by atoms with Crippen molar-refractivity contribution in [3.63, 3.8) is 0 Å². The van der Waals surface area contributed by atoms with Gasteiger partial charge in [-0.25, -0.2) is 9.97 Å². The van der Waals surface area contributed by atoms with Crippen LogP contribution in [0.25, 0.3) is 15.9 Å². The lowest BCUT2D eigenvalue weighted by Gasteiger charge is -2.09. The monoisotopic (exact) mass is 416 g/mol. The summed E-state index contributed by atoms with van der Waals surface area (Å²) in [5.41, 5.74) is 2.75. The van der Waals surface area contributed by atoms with E-state index in [1.807, 2.05) is 42.8 Å². The minimum atomic E-state index is -0.00830. The SMILES string of the molecule is C=CCn1c(SCc2cn3cc(Cl)ccc3n2)nc2sc(C)c(C)c2c1=O. The minimum absolute atomic E-state index is 0.00830. The van der Waals surface area contributed by atoms with E-state index in [0.29, 0.717) is 27.9 Å². The molecule has 0 fully saturated rings. The molecule has 0 bridgehead atoms. The topological polar surface area (TPSA) is 52.2 Å². The van der Waals surface area contributed by atoms with Gasteiger partial charge in [0.25, 0.3) is 5.56 Å². The number of halogens is 1. The van der Waals surface area contributed by atoms with Crippen LogP contribution in [0.1, 0.15) is 16.1 Å². The first kappa shape index (κ1) is 18.3. The van der Waals surface area contributed by atoms with E-state index >= 15 is 0 Å². The summed E-state index contributed by atoms with van der Waals surface area (Å²) in [6, 6.07) is 3.70. The Morgan fingerprint density at radius 2 is 2.11 bits per heavy atom. The molecule has 0 aromatic carbocycles. The smallest absolute Gasteiger partial charge is 0.263 e. The summed E-state index contributed by atoms with van der Waals surface area (Å²) in [7, 11) is 0. The van der Waals surface area contributed by atoms with Gasteiger partial charge in [-0.05, 0) is 31.5 Å². The van der Waals surface area contributed by atoms with Gasteiger partial charge in [-0.3, -0.25) is 9.36 Å². The van der Waals surface area contributed by atoms with Gasteiger partial charge in [-0.2, -0.15) is 0 Å². The van der Waals surface area contributed by atoms with Gasteiger partial charge >= 0.3 is 0 Å². The van der Waals surface area contributed by atoms with E-state index in [4.69, 9.17) is 16.6 Å². The molecular weight excluding hydrogens is 400 g/mol. The number of hydrogen-bond donors (Lipinski definition) is 0. The van der Waals surface area contributed by atoms with Crippen molar-refractivity contribution >= 4 is 50.6 Å². The number of pyridine rings is 1. The van der Waals surface area contributed by atoms with Gasteiger partial charge in [0.1, 0.15) is 10.5 Å². The Morgan fingerprint density at radius 1 is 1.30 bits per heavy atom. The highest BCUT2D eigenvalue weighted by Crippen LogP contribution is 2.29. The van der Waals surface area contributed by atoms with Crippen LogP contribution in [-0.4, -0.2) is 18.9 Å². The average Bonchev–Trinajstić information content (AvgIpc) is 3.16. The predicted molar refractivity (Wildman–Crippen MR) is 113 cm³/mol. The van der Waals surface area contributed by atoms with Gasteiger partial charge in [0.2, 0.25) is 0 Å². The standard InChI is InChI=1S/C19H17ClN4OS2/c1-4-7-24-18(25)16-11(2)12(3)27-17(16)22-19(24)26-10-14-9-23-8-13(20)5-6-15(23)21-14/h4-6,8-9H,1,7,10H2,2-3H3. The van der Waals surface area contributed by atoms with Crippen LogP contribution in [0.3, 0.4) is 0 Å². The second-order valence-electron chi connectivity index (χ2n) is 6.20. The Bertz CT molecular complexity index is 1240. The minimum Gasteiger partial charge on any atom is -0.305 e. The van der Waals surface area contributed by atoms with Crippen LogP contribution >= 0.6 is 34.7 Å². The fourth-order valence-electron chi connectivity index (χ4n) is 2.93. The zero-order chi connectivity index (χ0) is 19.1. The van der Waals surface area contributed by atoms with Crippen LogP contribution in [-0.2, 0) is 12.3 Å². The number of aromatic nitrogens is 4. The molecule has 0 spiro atoms. The van der Waals surface area contributed by atoms with E-state index in [-0.39, 0.29) is 5.56 Å². The van der Waals surface area contributed by atoms with Crippen LogP contribution in [0.5, 0.6) is 0 Å². The molecule has 4 aromatic heterocycles. The molecule has 0 N–H and O–H groups in total. The summed E-state index contributed by atoms with van der Waals surface area (Å²) in [6.07, 6.45) is 5.50. The molecule has 8 heteroatoms. The Hall–Kier alpha value is -2.09. The fourth-order valence-corrected chi connectivity index (χ4v) is 5.07. The van der Waals surface area contributed by atoms with Gasteiger partial charge in [0.15, 0.2) is 5.16 Å². The van der Waals surface area contributed by atoms with E-state index in [2.05, 4.69) is 11.6 Å². The van der Waals surface area contributed by atoms with Crippen LogP contribution in [0.4, 0.5) is 0 Å². The maximum atomic E-state index is 13.0. The average molecular weight is 417 g/mol. The molecule has 0 radical (unpaired) electrons. The number of imidazole rings is 1. The summed E-state index contributed by atoms with van der Waals surface area (Å²) in [6.45, 7) is 8.21. The molecule has 0 aliphatic heterocycles. The molecule has 4 rings (SSSR count). The lowest BCUT2D eigenvalue weighted by Crippen LogP contribution is -2.22. The van der Waals surface area contributed by atoms with E-state index in [9.17, 15) is 4.79 Å². The van der Waals surface area contributed by atoms with E-state index < -0.39 is 0 Å². The number of fused-ring (bicyclic) bond motifs is 2. The first-order valence-corrected chi connectivity index (χ1v) is 10.5. The van der Waals surface area contributed by atoms with Crippen molar-refractivity contribution in [3.8, 4) is 0 Å². The molecule has 0 atom stereocenters. The molecule has 5 nitrogen and oxygen atoms in total. The maximum Gasteiger partial charge on any atom is 0.263 e. The Morgan fingerprint density at radius 3 is 2.89 bits per heavy atom. The van der Waals surface area contributed by atoms with Crippen molar-refractivity contribution in [2.75, 3.05) is 0 Å². The molecule has 0 saturated carbocycles. The van der Waals surface area contributed by atoms with Crippen LogP contribution in [0.15, 0.2) is 47.1 Å². The largest absolute Gasteiger partial charge is 0.305 e. The van der Waals surface area contributed by atoms with Crippen molar-refractivity contribution < 1.29 is 0 Å². The first-order chi connectivity index (χ1) is 13.0. The molecule has 138 valence electrons. The summed E-state index contributed by atoms with van der Waals surface area (Å²) in [4.78, 5) is 24.3. The zero-order valence-corrected chi connectivity index (χ0v) is 17.3. The van der Waals surface area contributed by atoms with E-state index in [1.54, 1.807) is 22.0 Å². The fraction of sp³-hybridized carbons (Fsp3) is 0.211. The van der Waals surface area contributed by atoms with Crippen molar-refractivity contribution in [2.24, 2.45) is 0 Å². The number of allylic oxidation sites excluding steroid dienone is 1. The van der Waals surface area contributed by atoms with Gasteiger partial charge < -0.3 is 4.40 Å². The lowest BCUT2D eigenvalue weighted by molar-refractivity contribution is 0.672. The second kappa shape index (κ2) is 7.14. The zero-order valence-electron chi connectivity index (χ0n) is 14.9. The van der Waals surface area contributed by atoms with Crippen molar-refractivity contribution in [1.29, 1.82) is 0 Å². The van der Waals surface area contributed by atoms with Gasteiger partial charge in [-0.1, -0.05) is 29.4 Å².